The summed E-state index contributed by atoms with van der Waals surface area (Å²) in [4.78, 5) is 48.2. The molecule has 7 nitrogen and oxygen atoms in total. The van der Waals surface area contributed by atoms with Gasteiger partial charge in [-0.25, -0.2) is 0 Å². The first-order valence-corrected chi connectivity index (χ1v) is 15.6. The van der Waals surface area contributed by atoms with Crippen LogP contribution in [0.15, 0.2) is 73.8 Å². The number of carbonyl (C=O) groups is 3. The predicted octanol–water partition coefficient (Wildman–Crippen LogP) is 4.51. The topological polar surface area (TPSA) is 81.2 Å². The zero-order chi connectivity index (χ0) is 30.2. The fourth-order valence-corrected chi connectivity index (χ4v) is 9.77. The van der Waals surface area contributed by atoms with Crippen molar-refractivity contribution in [2.75, 3.05) is 31.6 Å². The highest BCUT2D eigenvalue weighted by Crippen LogP contribution is 2.67. The average molecular weight is 608 g/mol. The van der Waals surface area contributed by atoms with Gasteiger partial charge in [0.15, 0.2) is 0 Å². The van der Waals surface area contributed by atoms with Gasteiger partial charge in [0.05, 0.1) is 39.9 Å². The van der Waals surface area contributed by atoms with Gasteiger partial charge in [0, 0.05) is 25.4 Å². The SMILES string of the molecule is C=CCN(C)C(=O)[C@@H]1[C@@H]2CCC3(S2)C(C(=O)N(CC=C)c2c(C)cccc2Cl)N([C@@H](CO)Cc2ccccc2)C(=O)[C@H]13. The van der Waals surface area contributed by atoms with Crippen molar-refractivity contribution in [2.24, 2.45) is 11.8 Å². The number of likely N-dealkylation sites (tertiary alicyclic amines) is 1. The molecule has 42 heavy (non-hydrogen) atoms. The number of rotatable bonds is 11. The van der Waals surface area contributed by atoms with Crippen molar-refractivity contribution in [1.29, 1.82) is 0 Å². The van der Waals surface area contributed by atoms with Crippen LogP contribution in [-0.4, -0.2) is 81.5 Å². The molecule has 0 aromatic heterocycles. The zero-order valence-electron chi connectivity index (χ0n) is 24.1. The Kier molecular flexibility index (Phi) is 8.88. The van der Waals surface area contributed by atoms with Gasteiger partial charge >= 0.3 is 0 Å². The van der Waals surface area contributed by atoms with Gasteiger partial charge < -0.3 is 19.8 Å². The molecule has 1 N–H and O–H groups in total. The second-order valence-corrected chi connectivity index (χ2v) is 13.5. The maximum absolute atomic E-state index is 14.9. The Morgan fingerprint density at radius 2 is 1.86 bits per heavy atom. The van der Waals surface area contributed by atoms with Gasteiger partial charge in [0.25, 0.3) is 5.91 Å². The van der Waals surface area contributed by atoms with E-state index in [0.29, 0.717) is 30.1 Å². The molecule has 2 unspecified atom stereocenters. The van der Waals surface area contributed by atoms with Gasteiger partial charge in [0.1, 0.15) is 6.04 Å². The third-order valence-corrected chi connectivity index (χ3v) is 11.2. The number of aliphatic hydroxyl groups is 1. The monoisotopic (exact) mass is 607 g/mol. The number of halogens is 1. The minimum atomic E-state index is -0.885. The van der Waals surface area contributed by atoms with E-state index in [9.17, 15) is 19.5 Å². The predicted molar refractivity (Wildman–Crippen MR) is 169 cm³/mol. The number of anilines is 1. The fraction of sp³-hybridized carbons (Fsp3) is 0.424. The van der Waals surface area contributed by atoms with Gasteiger partial charge in [-0.3, -0.25) is 14.4 Å². The van der Waals surface area contributed by atoms with Gasteiger partial charge in [-0.15, -0.1) is 24.9 Å². The molecule has 3 amide bonds. The molecule has 9 heteroatoms. The summed E-state index contributed by atoms with van der Waals surface area (Å²) in [5.41, 5.74) is 2.36. The Labute approximate surface area is 257 Å². The summed E-state index contributed by atoms with van der Waals surface area (Å²) >= 11 is 8.29. The van der Waals surface area contributed by atoms with E-state index in [0.717, 1.165) is 17.5 Å². The average Bonchev–Trinajstić information content (AvgIpc) is 3.62. The highest BCUT2D eigenvalue weighted by Gasteiger charge is 2.74. The molecule has 1 spiro atoms. The number of hydrogen-bond acceptors (Lipinski definition) is 5. The van der Waals surface area contributed by atoms with Crippen LogP contribution in [0.1, 0.15) is 24.0 Å². The summed E-state index contributed by atoms with van der Waals surface area (Å²) in [7, 11) is 1.73. The van der Waals surface area contributed by atoms with Gasteiger partial charge in [-0.05, 0) is 43.4 Å². The third kappa shape index (κ3) is 4.97. The van der Waals surface area contributed by atoms with Crippen LogP contribution < -0.4 is 4.90 Å². The second-order valence-electron chi connectivity index (χ2n) is 11.5. The van der Waals surface area contributed by atoms with E-state index in [1.165, 1.54) is 0 Å². The first-order chi connectivity index (χ1) is 20.2. The number of aryl methyl sites for hydroxylation is 1. The number of para-hydroxylation sites is 1. The van der Waals surface area contributed by atoms with E-state index in [4.69, 9.17) is 11.6 Å². The zero-order valence-corrected chi connectivity index (χ0v) is 25.7. The molecule has 222 valence electrons. The standard InChI is InChI=1S/C33H38ClN3O4S/c1-5-17-35(4)30(39)26-25-15-16-33(42-25)27(26)31(40)37(23(20-38)19-22-12-8-7-9-13-22)29(33)32(41)36(18-6-2)28-21(3)11-10-14-24(28)34/h5-14,23,25-27,29,38H,1-2,15-20H2,3-4H3/t23-,25+,26-,27+,29?,33?/m1/s1. The van der Waals surface area contributed by atoms with E-state index < -0.39 is 28.7 Å². The number of hydrogen-bond donors (Lipinski definition) is 1. The normalized spacial score (nSPS) is 26.6. The quantitative estimate of drug-likeness (QED) is 0.380. The van der Waals surface area contributed by atoms with E-state index in [2.05, 4.69) is 13.2 Å². The molecule has 2 aromatic rings. The smallest absolute Gasteiger partial charge is 0.251 e. The van der Waals surface area contributed by atoms with Crippen LogP contribution in [0, 0.1) is 18.8 Å². The van der Waals surface area contributed by atoms with Gasteiger partial charge in [0.2, 0.25) is 11.8 Å². The maximum Gasteiger partial charge on any atom is 0.251 e. The minimum absolute atomic E-state index is 0.0623. The number of thioether (sulfide) groups is 1. The van der Waals surface area contributed by atoms with E-state index in [1.54, 1.807) is 51.7 Å². The molecule has 3 heterocycles. The number of benzene rings is 2. The molecule has 3 aliphatic heterocycles. The lowest BCUT2D eigenvalue weighted by Crippen LogP contribution is -2.58. The molecule has 2 aromatic carbocycles. The van der Waals surface area contributed by atoms with Crippen LogP contribution in [0.4, 0.5) is 5.69 Å². The highest BCUT2D eigenvalue weighted by atomic mass is 35.5. The lowest BCUT2D eigenvalue weighted by Gasteiger charge is -2.40. The van der Waals surface area contributed by atoms with E-state index in [-0.39, 0.29) is 36.1 Å². The minimum Gasteiger partial charge on any atom is -0.394 e. The summed E-state index contributed by atoms with van der Waals surface area (Å²) in [5.74, 6) is -1.83. The Hall–Kier alpha value is -3.07. The summed E-state index contributed by atoms with van der Waals surface area (Å²) in [6.45, 7) is 9.82. The van der Waals surface area contributed by atoms with Crippen molar-refractivity contribution < 1.29 is 19.5 Å². The molecular formula is C33H38ClN3O4S. The van der Waals surface area contributed by atoms with Crippen LogP contribution in [0.5, 0.6) is 0 Å². The van der Waals surface area contributed by atoms with E-state index >= 15 is 0 Å². The van der Waals surface area contributed by atoms with Crippen molar-refractivity contribution in [1.82, 2.24) is 9.80 Å². The molecule has 2 bridgehead atoms. The van der Waals surface area contributed by atoms with Crippen molar-refractivity contribution in [2.45, 2.75) is 48.3 Å². The first kappa shape index (κ1) is 30.4. The van der Waals surface area contributed by atoms with Crippen LogP contribution >= 0.6 is 23.4 Å². The molecule has 0 saturated carbocycles. The molecular weight excluding hydrogens is 570 g/mol. The number of fused-ring (bicyclic) bond motifs is 1. The van der Waals surface area contributed by atoms with Gasteiger partial charge in [-0.2, -0.15) is 0 Å². The Bertz CT molecular complexity index is 1370. The molecule has 3 saturated heterocycles. The van der Waals surface area contributed by atoms with Crippen molar-refractivity contribution in [3.05, 3.63) is 90.0 Å². The Balaban J connectivity index is 1.63. The second kappa shape index (κ2) is 12.3. The number of likely N-dealkylation sites (N-methyl/N-ethyl adjacent to an activating group) is 1. The molecule has 5 rings (SSSR count). The summed E-state index contributed by atoms with van der Waals surface area (Å²) in [6, 6.07) is 13.6. The lowest BCUT2D eigenvalue weighted by atomic mass is 9.70. The first-order valence-electron chi connectivity index (χ1n) is 14.4. The largest absolute Gasteiger partial charge is 0.394 e. The molecule has 3 fully saturated rings. The third-order valence-electron chi connectivity index (χ3n) is 8.99. The number of amides is 3. The van der Waals surface area contributed by atoms with Gasteiger partial charge in [-0.1, -0.05) is 66.2 Å². The highest BCUT2D eigenvalue weighted by molar-refractivity contribution is 8.02. The number of carbonyl (C=O) groups excluding carboxylic acids is 3. The number of aliphatic hydroxyl groups excluding tert-OH is 1. The van der Waals surface area contributed by atoms with Crippen molar-refractivity contribution >= 4 is 46.8 Å². The maximum atomic E-state index is 14.9. The van der Waals surface area contributed by atoms with Crippen LogP contribution in [-0.2, 0) is 20.8 Å². The van der Waals surface area contributed by atoms with E-state index in [1.807, 2.05) is 49.4 Å². The Morgan fingerprint density at radius 1 is 1.14 bits per heavy atom. The number of nitrogens with zero attached hydrogens (tertiary/aromatic N) is 3. The van der Waals surface area contributed by atoms with Crippen LogP contribution in [0.2, 0.25) is 5.02 Å². The lowest BCUT2D eigenvalue weighted by molar-refractivity contribution is -0.144. The van der Waals surface area contributed by atoms with Crippen molar-refractivity contribution in [3.63, 3.8) is 0 Å². The summed E-state index contributed by atoms with van der Waals surface area (Å²) in [6.07, 6.45) is 5.07. The molecule has 0 aliphatic carbocycles. The molecule has 6 atom stereocenters. The van der Waals surface area contributed by atoms with Crippen LogP contribution in [0.25, 0.3) is 0 Å². The van der Waals surface area contributed by atoms with Crippen molar-refractivity contribution in [3.8, 4) is 0 Å². The Morgan fingerprint density at radius 3 is 2.50 bits per heavy atom. The van der Waals surface area contributed by atoms with Crippen LogP contribution in [0.3, 0.4) is 0 Å². The summed E-state index contributed by atoms with van der Waals surface area (Å²) < 4.78 is -0.799. The molecule has 3 aliphatic rings. The summed E-state index contributed by atoms with van der Waals surface area (Å²) in [5, 5.41) is 11.1. The molecule has 0 radical (unpaired) electrons. The fourth-order valence-electron chi connectivity index (χ4n) is 7.25.